The standard InChI is InChI=1S/C26H39N3O6Si/c1-25(2,3)34-23(31)29(24(32)35-26(4,5)6)21-20-11-10-18(16-19(20)12-13-27-21)17-28-22(30)33-14-15-36(7,8)9/h10-13,16H,14-15,17H2,1-9H3,(H,28,30). The summed E-state index contributed by atoms with van der Waals surface area (Å²) in [4.78, 5) is 43.2. The van der Waals surface area contributed by atoms with E-state index in [1.54, 1.807) is 59.7 Å². The zero-order valence-electron chi connectivity index (χ0n) is 22.9. The van der Waals surface area contributed by atoms with Crippen LogP contribution in [-0.4, -0.2) is 49.1 Å². The quantitative estimate of drug-likeness (QED) is 0.345. The number of benzene rings is 1. The maximum absolute atomic E-state index is 13.0. The minimum Gasteiger partial charge on any atom is -0.450 e. The van der Waals surface area contributed by atoms with Gasteiger partial charge in [-0.2, -0.15) is 4.90 Å². The number of carbonyl (C=O) groups excluding carboxylic acids is 3. The first-order chi connectivity index (χ1) is 16.5. The lowest BCUT2D eigenvalue weighted by Crippen LogP contribution is -2.44. The van der Waals surface area contributed by atoms with Gasteiger partial charge in [-0.15, -0.1) is 0 Å². The molecule has 1 aromatic carbocycles. The van der Waals surface area contributed by atoms with Crippen molar-refractivity contribution >= 4 is 42.9 Å². The number of anilines is 1. The number of fused-ring (bicyclic) bond motifs is 1. The molecular weight excluding hydrogens is 478 g/mol. The third-order valence-electron chi connectivity index (χ3n) is 4.69. The third kappa shape index (κ3) is 9.48. The Labute approximate surface area is 214 Å². The number of alkyl carbamates (subject to hydrolysis) is 1. The number of ether oxygens (including phenoxy) is 3. The lowest BCUT2D eigenvalue weighted by atomic mass is 10.1. The molecule has 1 heterocycles. The SMILES string of the molecule is CC(C)(C)OC(=O)N(C(=O)OC(C)(C)C)c1nccc2cc(CNC(=O)OCC[Si](C)(C)C)ccc12. The molecule has 0 spiro atoms. The van der Waals surface area contributed by atoms with Gasteiger partial charge in [0.1, 0.15) is 11.2 Å². The van der Waals surface area contributed by atoms with Gasteiger partial charge in [-0.25, -0.2) is 19.4 Å². The summed E-state index contributed by atoms with van der Waals surface area (Å²) in [6.45, 7) is 17.6. The first-order valence-corrected chi connectivity index (χ1v) is 15.7. The van der Waals surface area contributed by atoms with Crippen LogP contribution in [0.25, 0.3) is 10.8 Å². The number of hydrogen-bond donors (Lipinski definition) is 1. The highest BCUT2D eigenvalue weighted by Crippen LogP contribution is 2.28. The van der Waals surface area contributed by atoms with Crippen molar-refractivity contribution in [2.45, 2.75) is 85.0 Å². The van der Waals surface area contributed by atoms with Gasteiger partial charge in [0.2, 0.25) is 0 Å². The maximum atomic E-state index is 13.0. The number of imide groups is 1. The summed E-state index contributed by atoms with van der Waals surface area (Å²) < 4.78 is 16.2. The van der Waals surface area contributed by atoms with E-state index in [0.717, 1.165) is 21.9 Å². The second-order valence-electron chi connectivity index (χ2n) is 11.8. The van der Waals surface area contributed by atoms with Crippen LogP contribution in [0.1, 0.15) is 47.1 Å². The number of nitrogens with zero attached hydrogens (tertiary/aromatic N) is 2. The highest BCUT2D eigenvalue weighted by molar-refractivity contribution is 6.76. The summed E-state index contributed by atoms with van der Waals surface area (Å²) in [5.41, 5.74) is -0.836. The van der Waals surface area contributed by atoms with E-state index in [1.165, 1.54) is 6.20 Å². The van der Waals surface area contributed by atoms with Gasteiger partial charge < -0.3 is 19.5 Å². The van der Waals surface area contributed by atoms with Crippen LogP contribution < -0.4 is 10.2 Å². The zero-order valence-corrected chi connectivity index (χ0v) is 23.9. The van der Waals surface area contributed by atoms with Crippen molar-refractivity contribution in [2.75, 3.05) is 11.5 Å². The number of aromatic nitrogens is 1. The predicted molar refractivity (Wildman–Crippen MR) is 143 cm³/mol. The van der Waals surface area contributed by atoms with E-state index >= 15 is 0 Å². The lowest BCUT2D eigenvalue weighted by molar-refractivity contribution is 0.0429. The van der Waals surface area contributed by atoms with Crippen LogP contribution in [0.15, 0.2) is 30.5 Å². The van der Waals surface area contributed by atoms with Crippen molar-refractivity contribution in [3.05, 3.63) is 36.0 Å². The number of carbonyl (C=O) groups is 3. The van der Waals surface area contributed by atoms with E-state index in [1.807, 2.05) is 6.07 Å². The first kappa shape index (κ1) is 29.1. The van der Waals surface area contributed by atoms with Crippen LogP contribution in [0.3, 0.4) is 0 Å². The monoisotopic (exact) mass is 517 g/mol. The van der Waals surface area contributed by atoms with Gasteiger partial charge in [0.05, 0.1) is 6.61 Å². The fourth-order valence-corrected chi connectivity index (χ4v) is 3.75. The predicted octanol–water partition coefficient (Wildman–Crippen LogP) is 6.48. The third-order valence-corrected chi connectivity index (χ3v) is 6.40. The molecule has 10 heteroatoms. The molecule has 198 valence electrons. The Hall–Kier alpha value is -3.14. The maximum Gasteiger partial charge on any atom is 0.425 e. The molecule has 0 radical (unpaired) electrons. The minimum atomic E-state index is -1.28. The van der Waals surface area contributed by atoms with E-state index in [-0.39, 0.29) is 12.4 Å². The molecule has 2 rings (SSSR count). The number of nitrogens with one attached hydrogen (secondary N) is 1. The average Bonchev–Trinajstić information content (AvgIpc) is 2.68. The highest BCUT2D eigenvalue weighted by atomic mass is 28.3. The second kappa shape index (κ2) is 11.3. The van der Waals surface area contributed by atoms with Crippen molar-refractivity contribution in [3.8, 4) is 0 Å². The fraction of sp³-hybridized carbons (Fsp3) is 0.538. The summed E-state index contributed by atoms with van der Waals surface area (Å²) >= 11 is 0. The number of amides is 3. The smallest absolute Gasteiger partial charge is 0.425 e. The molecule has 3 amide bonds. The van der Waals surface area contributed by atoms with Crippen molar-refractivity contribution in [1.29, 1.82) is 0 Å². The molecule has 0 fully saturated rings. The number of rotatable bonds is 6. The molecule has 0 atom stereocenters. The van der Waals surface area contributed by atoms with Gasteiger partial charge in [-0.3, -0.25) is 0 Å². The Morgan fingerprint density at radius 1 is 0.944 bits per heavy atom. The summed E-state index contributed by atoms with van der Waals surface area (Å²) in [6, 6.07) is 8.05. The van der Waals surface area contributed by atoms with E-state index in [2.05, 4.69) is 29.9 Å². The molecule has 1 N–H and O–H groups in total. The van der Waals surface area contributed by atoms with Crippen LogP contribution in [0.2, 0.25) is 25.7 Å². The van der Waals surface area contributed by atoms with E-state index in [4.69, 9.17) is 14.2 Å². The Morgan fingerprint density at radius 2 is 1.53 bits per heavy atom. The molecule has 0 aliphatic heterocycles. The second-order valence-corrected chi connectivity index (χ2v) is 17.4. The summed E-state index contributed by atoms with van der Waals surface area (Å²) in [7, 11) is -1.28. The molecule has 9 nitrogen and oxygen atoms in total. The Bertz CT molecular complexity index is 1070. The summed E-state index contributed by atoms with van der Waals surface area (Å²) in [5, 5.41) is 4.03. The molecule has 2 aromatic rings. The van der Waals surface area contributed by atoms with Gasteiger partial charge in [-0.05, 0) is 70.7 Å². The fourth-order valence-electron chi connectivity index (χ4n) is 3.04. The van der Waals surface area contributed by atoms with E-state index in [0.29, 0.717) is 12.0 Å². The van der Waals surface area contributed by atoms with E-state index in [9.17, 15) is 14.4 Å². The number of hydrogen-bond acceptors (Lipinski definition) is 7. The van der Waals surface area contributed by atoms with Gasteiger partial charge >= 0.3 is 18.3 Å². The van der Waals surface area contributed by atoms with Crippen molar-refractivity contribution in [3.63, 3.8) is 0 Å². The van der Waals surface area contributed by atoms with Crippen molar-refractivity contribution in [2.24, 2.45) is 0 Å². The van der Waals surface area contributed by atoms with Crippen LogP contribution in [0.5, 0.6) is 0 Å². The van der Waals surface area contributed by atoms with Crippen molar-refractivity contribution in [1.82, 2.24) is 10.3 Å². The molecule has 1 aromatic heterocycles. The first-order valence-electron chi connectivity index (χ1n) is 12.0. The van der Waals surface area contributed by atoms with Gasteiger partial charge in [0.15, 0.2) is 5.82 Å². The molecule has 0 bridgehead atoms. The van der Waals surface area contributed by atoms with Crippen LogP contribution in [-0.2, 0) is 20.8 Å². The average molecular weight is 518 g/mol. The molecule has 0 unspecified atom stereocenters. The molecular formula is C26H39N3O6Si. The molecule has 0 saturated carbocycles. The van der Waals surface area contributed by atoms with Gasteiger partial charge in [-0.1, -0.05) is 31.8 Å². The Morgan fingerprint density at radius 3 is 2.06 bits per heavy atom. The van der Waals surface area contributed by atoms with Gasteiger partial charge in [0, 0.05) is 26.2 Å². The highest BCUT2D eigenvalue weighted by Gasteiger charge is 2.34. The summed E-state index contributed by atoms with van der Waals surface area (Å²) in [6.07, 6.45) is -0.738. The van der Waals surface area contributed by atoms with Crippen LogP contribution in [0.4, 0.5) is 20.2 Å². The largest absolute Gasteiger partial charge is 0.450 e. The van der Waals surface area contributed by atoms with Gasteiger partial charge in [0.25, 0.3) is 0 Å². The number of pyridine rings is 1. The molecule has 0 aliphatic rings. The van der Waals surface area contributed by atoms with Crippen LogP contribution in [0, 0.1) is 0 Å². The van der Waals surface area contributed by atoms with Crippen LogP contribution >= 0.6 is 0 Å². The lowest BCUT2D eigenvalue weighted by Gasteiger charge is -2.28. The molecule has 36 heavy (non-hydrogen) atoms. The topological polar surface area (TPSA) is 107 Å². The Kier molecular flexibility index (Phi) is 9.11. The summed E-state index contributed by atoms with van der Waals surface area (Å²) in [5.74, 6) is 0.0984. The van der Waals surface area contributed by atoms with Crippen molar-refractivity contribution < 1.29 is 28.6 Å². The Balaban J connectivity index is 2.28. The zero-order chi connectivity index (χ0) is 27.3. The normalized spacial score (nSPS) is 12.1. The molecule has 0 aliphatic carbocycles. The minimum absolute atomic E-state index is 0.0984. The van der Waals surface area contributed by atoms with E-state index < -0.39 is 37.6 Å². The molecule has 0 saturated heterocycles.